The maximum absolute atomic E-state index is 12.8. The molecule has 0 atom stereocenters. The molecule has 2 aromatic carbocycles. The summed E-state index contributed by atoms with van der Waals surface area (Å²) in [6.45, 7) is 1.65. The van der Waals surface area contributed by atoms with Gasteiger partial charge in [0.2, 0.25) is 0 Å². The van der Waals surface area contributed by atoms with Gasteiger partial charge >= 0.3 is 6.03 Å². The smallest absolute Gasteiger partial charge is 0.322 e. The number of benzene rings is 2. The molecule has 6 heteroatoms. The Morgan fingerprint density at radius 3 is 2.54 bits per heavy atom. The van der Waals surface area contributed by atoms with Gasteiger partial charge in [0.15, 0.2) is 11.5 Å². The van der Waals surface area contributed by atoms with Crippen molar-refractivity contribution >= 4 is 11.7 Å². The van der Waals surface area contributed by atoms with Crippen molar-refractivity contribution in [1.29, 1.82) is 0 Å². The molecule has 0 bridgehead atoms. The van der Waals surface area contributed by atoms with Crippen molar-refractivity contribution in [2.45, 2.75) is 25.4 Å². The standard InChI is InChI=1S/C20H22N2O4/c1-24-17-7-2-14(3-8-17)13-22(16-5-6-16)20(23)21-15-4-9-18-19(12-15)26-11-10-25-18/h2-4,7-9,12,16H,5-6,10-11,13H2,1H3,(H,21,23). The molecule has 1 aliphatic carbocycles. The summed E-state index contributed by atoms with van der Waals surface area (Å²) in [5.41, 5.74) is 1.79. The number of nitrogens with one attached hydrogen (secondary N) is 1. The Bertz CT molecular complexity index is 787. The van der Waals surface area contributed by atoms with Crippen LogP contribution in [0.15, 0.2) is 42.5 Å². The van der Waals surface area contributed by atoms with Crippen LogP contribution in [0.3, 0.4) is 0 Å². The van der Waals surface area contributed by atoms with Gasteiger partial charge in [0, 0.05) is 24.3 Å². The number of urea groups is 1. The van der Waals surface area contributed by atoms with Crippen LogP contribution in [0.2, 0.25) is 0 Å². The first-order valence-corrected chi connectivity index (χ1v) is 8.83. The Labute approximate surface area is 152 Å². The van der Waals surface area contributed by atoms with E-state index in [0.29, 0.717) is 43.0 Å². The third-order valence-electron chi connectivity index (χ3n) is 4.55. The zero-order valence-electron chi connectivity index (χ0n) is 14.7. The van der Waals surface area contributed by atoms with E-state index in [2.05, 4.69) is 5.32 Å². The molecule has 6 nitrogen and oxygen atoms in total. The molecule has 1 aliphatic heterocycles. The highest BCUT2D eigenvalue weighted by molar-refractivity contribution is 5.90. The fourth-order valence-corrected chi connectivity index (χ4v) is 3.00. The van der Waals surface area contributed by atoms with Crippen molar-refractivity contribution in [3.8, 4) is 17.2 Å². The number of anilines is 1. The van der Waals surface area contributed by atoms with Crippen LogP contribution in [0.4, 0.5) is 10.5 Å². The first-order chi connectivity index (χ1) is 12.7. The maximum Gasteiger partial charge on any atom is 0.322 e. The fourth-order valence-electron chi connectivity index (χ4n) is 3.00. The average Bonchev–Trinajstić information content (AvgIpc) is 3.51. The average molecular weight is 354 g/mol. The van der Waals surface area contributed by atoms with Gasteiger partial charge in [0.05, 0.1) is 7.11 Å². The van der Waals surface area contributed by atoms with E-state index < -0.39 is 0 Å². The van der Waals surface area contributed by atoms with Gasteiger partial charge < -0.3 is 24.4 Å². The van der Waals surface area contributed by atoms with Crippen LogP contribution in [0.5, 0.6) is 17.2 Å². The second-order valence-electron chi connectivity index (χ2n) is 6.50. The third kappa shape index (κ3) is 3.69. The number of hydrogen-bond donors (Lipinski definition) is 1. The van der Waals surface area contributed by atoms with Crippen LogP contribution < -0.4 is 19.5 Å². The van der Waals surface area contributed by atoms with Crippen LogP contribution in [0.25, 0.3) is 0 Å². The van der Waals surface area contributed by atoms with Crippen molar-refractivity contribution in [1.82, 2.24) is 4.90 Å². The number of methoxy groups -OCH3 is 1. The van der Waals surface area contributed by atoms with Gasteiger partial charge in [-0.3, -0.25) is 0 Å². The lowest BCUT2D eigenvalue weighted by Gasteiger charge is -2.24. The van der Waals surface area contributed by atoms with E-state index in [1.54, 1.807) is 7.11 Å². The molecule has 2 aromatic rings. The molecule has 2 amide bonds. The van der Waals surface area contributed by atoms with Gasteiger partial charge in [-0.1, -0.05) is 12.1 Å². The molecule has 0 saturated heterocycles. The molecule has 1 saturated carbocycles. The molecule has 0 radical (unpaired) electrons. The predicted molar refractivity (Wildman–Crippen MR) is 98.0 cm³/mol. The third-order valence-corrected chi connectivity index (χ3v) is 4.55. The van der Waals surface area contributed by atoms with Crippen molar-refractivity contribution in [3.05, 3.63) is 48.0 Å². The van der Waals surface area contributed by atoms with E-state index in [-0.39, 0.29) is 6.03 Å². The minimum atomic E-state index is -0.0972. The first-order valence-electron chi connectivity index (χ1n) is 8.83. The Hall–Kier alpha value is -2.89. The number of carbonyl (C=O) groups is 1. The molecule has 26 heavy (non-hydrogen) atoms. The van der Waals surface area contributed by atoms with Crippen molar-refractivity contribution in [3.63, 3.8) is 0 Å². The highest BCUT2D eigenvalue weighted by atomic mass is 16.6. The summed E-state index contributed by atoms with van der Waals surface area (Å²) in [5, 5.41) is 2.98. The SMILES string of the molecule is COc1ccc(CN(C(=O)Nc2ccc3c(c2)OCCO3)C2CC2)cc1. The number of rotatable bonds is 5. The van der Waals surface area contributed by atoms with Gasteiger partial charge in [-0.05, 0) is 42.7 Å². The van der Waals surface area contributed by atoms with E-state index >= 15 is 0 Å². The Kier molecular flexibility index (Phi) is 4.56. The highest BCUT2D eigenvalue weighted by Gasteiger charge is 2.32. The van der Waals surface area contributed by atoms with Crippen LogP contribution in [-0.2, 0) is 6.54 Å². The minimum Gasteiger partial charge on any atom is -0.497 e. The maximum atomic E-state index is 12.8. The van der Waals surface area contributed by atoms with Crippen LogP contribution >= 0.6 is 0 Å². The van der Waals surface area contributed by atoms with Gasteiger partial charge in [-0.25, -0.2) is 4.79 Å². The lowest BCUT2D eigenvalue weighted by molar-refractivity contribution is 0.171. The molecule has 4 rings (SSSR count). The summed E-state index contributed by atoms with van der Waals surface area (Å²) in [4.78, 5) is 14.7. The Balaban J connectivity index is 1.45. The quantitative estimate of drug-likeness (QED) is 0.890. The number of fused-ring (bicyclic) bond motifs is 1. The summed E-state index contributed by atoms with van der Waals surface area (Å²) < 4.78 is 16.3. The molecule has 1 fully saturated rings. The van der Waals surface area contributed by atoms with Crippen LogP contribution in [0.1, 0.15) is 18.4 Å². The largest absolute Gasteiger partial charge is 0.497 e. The van der Waals surface area contributed by atoms with Crippen molar-refractivity contribution < 1.29 is 19.0 Å². The van der Waals surface area contributed by atoms with Crippen molar-refractivity contribution in [2.75, 3.05) is 25.6 Å². The summed E-state index contributed by atoms with van der Waals surface area (Å²) in [6, 6.07) is 13.5. The van der Waals surface area contributed by atoms with Crippen LogP contribution in [0, 0.1) is 0 Å². The normalized spacial score (nSPS) is 15.3. The van der Waals surface area contributed by atoms with Gasteiger partial charge in [-0.2, -0.15) is 0 Å². The monoisotopic (exact) mass is 354 g/mol. The molecule has 0 unspecified atom stereocenters. The lowest BCUT2D eigenvalue weighted by atomic mass is 10.2. The molecule has 2 aliphatic rings. The minimum absolute atomic E-state index is 0.0972. The summed E-state index contributed by atoms with van der Waals surface area (Å²) in [7, 11) is 1.65. The number of hydrogen-bond acceptors (Lipinski definition) is 4. The van der Waals surface area contributed by atoms with Gasteiger partial charge in [0.1, 0.15) is 19.0 Å². The van der Waals surface area contributed by atoms with E-state index in [9.17, 15) is 4.79 Å². The zero-order valence-corrected chi connectivity index (χ0v) is 14.7. The first kappa shape index (κ1) is 16.6. The topological polar surface area (TPSA) is 60.0 Å². The molecule has 0 spiro atoms. The number of carbonyl (C=O) groups excluding carboxylic acids is 1. The Morgan fingerprint density at radius 1 is 1.12 bits per heavy atom. The highest BCUT2D eigenvalue weighted by Crippen LogP contribution is 2.33. The lowest BCUT2D eigenvalue weighted by Crippen LogP contribution is -2.36. The number of ether oxygens (including phenoxy) is 3. The molecule has 1 heterocycles. The van der Waals surface area contributed by atoms with E-state index in [1.807, 2.05) is 47.4 Å². The van der Waals surface area contributed by atoms with E-state index in [0.717, 1.165) is 24.2 Å². The summed E-state index contributed by atoms with van der Waals surface area (Å²) >= 11 is 0. The molecule has 136 valence electrons. The molecular weight excluding hydrogens is 332 g/mol. The van der Waals surface area contributed by atoms with Crippen molar-refractivity contribution in [2.24, 2.45) is 0 Å². The zero-order chi connectivity index (χ0) is 17.9. The number of nitrogens with zero attached hydrogens (tertiary/aromatic N) is 1. The van der Waals surface area contributed by atoms with Gasteiger partial charge in [0.25, 0.3) is 0 Å². The predicted octanol–water partition coefficient (Wildman–Crippen LogP) is 3.66. The Morgan fingerprint density at radius 2 is 1.85 bits per heavy atom. The van der Waals surface area contributed by atoms with Gasteiger partial charge in [-0.15, -0.1) is 0 Å². The van der Waals surface area contributed by atoms with E-state index in [1.165, 1.54) is 0 Å². The molecule has 1 N–H and O–H groups in total. The van der Waals surface area contributed by atoms with Crippen LogP contribution in [-0.4, -0.2) is 37.3 Å². The molecule has 0 aromatic heterocycles. The second kappa shape index (κ2) is 7.15. The summed E-state index contributed by atoms with van der Waals surface area (Å²) in [6.07, 6.45) is 2.09. The number of amides is 2. The summed E-state index contributed by atoms with van der Waals surface area (Å²) in [5.74, 6) is 2.20. The fraction of sp³-hybridized carbons (Fsp3) is 0.350. The molecular formula is C20H22N2O4. The van der Waals surface area contributed by atoms with E-state index in [4.69, 9.17) is 14.2 Å². The second-order valence-corrected chi connectivity index (χ2v) is 6.50.